The summed E-state index contributed by atoms with van der Waals surface area (Å²) in [6, 6.07) is 13.3. The molecule has 1 aliphatic rings. The summed E-state index contributed by atoms with van der Waals surface area (Å²) in [4.78, 5) is 30.3. The Morgan fingerprint density at radius 2 is 1.97 bits per heavy atom. The van der Waals surface area contributed by atoms with E-state index in [2.05, 4.69) is 21.7 Å². The number of hydrogen-bond acceptors (Lipinski definition) is 5. The third kappa shape index (κ3) is 4.72. The molecule has 4 rings (SSSR count). The maximum absolute atomic E-state index is 13.0. The number of para-hydroxylation sites is 1. The lowest BCUT2D eigenvalue weighted by molar-refractivity contribution is -0.130. The van der Waals surface area contributed by atoms with Gasteiger partial charge in [-0.15, -0.1) is 0 Å². The van der Waals surface area contributed by atoms with Crippen LogP contribution >= 0.6 is 23.2 Å². The zero-order valence-electron chi connectivity index (χ0n) is 17.2. The van der Waals surface area contributed by atoms with Crippen molar-refractivity contribution in [3.8, 4) is 6.07 Å². The fraction of sp³-hybridized carbons (Fsp3) is 0.304. The second-order valence-electron chi connectivity index (χ2n) is 7.92. The topological polar surface area (TPSA) is 108 Å². The SMILES string of the molecule is C[C@H](C(=O)NC(Cc1nc2c(Cl)cccc2o1)C(=O)NC1(C#N)CC1)c1cccc(Cl)c1. The first-order chi connectivity index (χ1) is 15.3. The van der Waals surface area contributed by atoms with Gasteiger partial charge in [0.2, 0.25) is 11.8 Å². The van der Waals surface area contributed by atoms with Crippen LogP contribution in [0.25, 0.3) is 11.1 Å². The van der Waals surface area contributed by atoms with Crippen LogP contribution in [0.3, 0.4) is 0 Å². The van der Waals surface area contributed by atoms with E-state index in [0.717, 1.165) is 5.56 Å². The van der Waals surface area contributed by atoms with E-state index in [-0.39, 0.29) is 18.2 Å². The summed E-state index contributed by atoms with van der Waals surface area (Å²) in [7, 11) is 0. The zero-order chi connectivity index (χ0) is 22.9. The summed E-state index contributed by atoms with van der Waals surface area (Å²) in [6.07, 6.45) is 1.16. The van der Waals surface area contributed by atoms with Crippen molar-refractivity contribution in [2.45, 2.75) is 43.7 Å². The van der Waals surface area contributed by atoms with E-state index >= 15 is 0 Å². The van der Waals surface area contributed by atoms with Crippen molar-refractivity contribution in [2.75, 3.05) is 0 Å². The van der Waals surface area contributed by atoms with Gasteiger partial charge in [0.15, 0.2) is 11.5 Å². The fourth-order valence-electron chi connectivity index (χ4n) is 3.37. The highest BCUT2D eigenvalue weighted by Crippen LogP contribution is 2.34. The molecule has 7 nitrogen and oxygen atoms in total. The van der Waals surface area contributed by atoms with Crippen LogP contribution < -0.4 is 10.6 Å². The van der Waals surface area contributed by atoms with Gasteiger partial charge in [0.05, 0.1) is 23.4 Å². The Hall–Kier alpha value is -3.08. The van der Waals surface area contributed by atoms with E-state index in [1.165, 1.54) is 0 Å². The van der Waals surface area contributed by atoms with Crippen molar-refractivity contribution in [2.24, 2.45) is 0 Å². The largest absolute Gasteiger partial charge is 0.441 e. The number of carbonyl (C=O) groups excluding carboxylic acids is 2. The van der Waals surface area contributed by atoms with Crippen molar-refractivity contribution in [3.05, 3.63) is 64.0 Å². The molecule has 0 saturated heterocycles. The quantitative estimate of drug-likeness (QED) is 0.539. The van der Waals surface area contributed by atoms with Crippen LogP contribution in [0.2, 0.25) is 10.0 Å². The highest BCUT2D eigenvalue weighted by molar-refractivity contribution is 6.34. The average Bonchev–Trinajstić information content (AvgIpc) is 3.42. The molecule has 32 heavy (non-hydrogen) atoms. The molecule has 0 radical (unpaired) electrons. The normalized spacial score (nSPS) is 16.1. The molecular formula is C23H20Cl2N4O3. The van der Waals surface area contributed by atoms with Gasteiger partial charge in [0.1, 0.15) is 17.1 Å². The number of aromatic nitrogens is 1. The maximum atomic E-state index is 13.0. The molecule has 1 unspecified atom stereocenters. The van der Waals surface area contributed by atoms with Gasteiger partial charge >= 0.3 is 0 Å². The minimum Gasteiger partial charge on any atom is -0.441 e. The Kier molecular flexibility index (Phi) is 6.09. The molecule has 2 amide bonds. The number of amides is 2. The molecule has 0 spiro atoms. The molecule has 2 N–H and O–H groups in total. The van der Waals surface area contributed by atoms with Gasteiger partial charge in [-0.3, -0.25) is 9.59 Å². The van der Waals surface area contributed by atoms with Crippen LogP contribution in [-0.4, -0.2) is 28.4 Å². The Morgan fingerprint density at radius 3 is 2.62 bits per heavy atom. The van der Waals surface area contributed by atoms with Crippen LogP contribution in [0.15, 0.2) is 46.9 Å². The van der Waals surface area contributed by atoms with Crippen LogP contribution in [0.5, 0.6) is 0 Å². The van der Waals surface area contributed by atoms with E-state index < -0.39 is 23.4 Å². The predicted octanol–water partition coefficient (Wildman–Crippen LogP) is 4.14. The van der Waals surface area contributed by atoms with Gasteiger partial charge < -0.3 is 15.1 Å². The molecular weight excluding hydrogens is 451 g/mol. The number of nitriles is 1. The second-order valence-corrected chi connectivity index (χ2v) is 8.76. The van der Waals surface area contributed by atoms with E-state index in [1.54, 1.807) is 49.4 Å². The third-order valence-corrected chi connectivity index (χ3v) is 6.03. The number of halogens is 2. The highest BCUT2D eigenvalue weighted by Gasteiger charge is 2.46. The number of carbonyl (C=O) groups is 2. The first kappa shape index (κ1) is 22.1. The van der Waals surface area contributed by atoms with Crippen molar-refractivity contribution in [1.82, 2.24) is 15.6 Å². The minimum absolute atomic E-state index is 0.00631. The summed E-state index contributed by atoms with van der Waals surface area (Å²) in [6.45, 7) is 1.73. The Morgan fingerprint density at radius 1 is 1.22 bits per heavy atom. The standard InChI is InChI=1S/C23H20Cl2N4O3/c1-13(14-4-2-5-15(24)10-14)21(30)27-17(22(31)29-23(12-26)8-9-23)11-19-28-20-16(25)6-3-7-18(20)32-19/h2-7,10,13,17H,8-9,11H2,1H3,(H,27,30)(H,29,31)/t13-,17?/m0/s1. The van der Waals surface area contributed by atoms with Crippen molar-refractivity contribution >= 4 is 46.1 Å². The monoisotopic (exact) mass is 470 g/mol. The molecule has 0 bridgehead atoms. The first-order valence-corrected chi connectivity index (χ1v) is 10.9. The van der Waals surface area contributed by atoms with Gasteiger partial charge in [-0.2, -0.15) is 5.26 Å². The molecule has 9 heteroatoms. The average molecular weight is 471 g/mol. The second kappa shape index (κ2) is 8.81. The molecule has 1 saturated carbocycles. The van der Waals surface area contributed by atoms with Crippen molar-refractivity contribution in [3.63, 3.8) is 0 Å². The van der Waals surface area contributed by atoms with Crippen molar-refractivity contribution in [1.29, 1.82) is 5.26 Å². The smallest absolute Gasteiger partial charge is 0.244 e. The summed E-state index contributed by atoms with van der Waals surface area (Å²) in [5.74, 6) is -1.12. The van der Waals surface area contributed by atoms with Gasteiger partial charge in [-0.1, -0.05) is 41.4 Å². The first-order valence-electron chi connectivity index (χ1n) is 10.1. The molecule has 2 atom stereocenters. The lowest BCUT2D eigenvalue weighted by Crippen LogP contribution is -2.52. The van der Waals surface area contributed by atoms with Crippen LogP contribution in [0.4, 0.5) is 0 Å². The lowest BCUT2D eigenvalue weighted by Gasteiger charge is -2.21. The van der Waals surface area contributed by atoms with E-state index in [9.17, 15) is 14.9 Å². The maximum Gasteiger partial charge on any atom is 0.244 e. The molecule has 1 fully saturated rings. The molecule has 1 aliphatic carbocycles. The molecule has 164 valence electrons. The minimum atomic E-state index is -0.984. The molecule has 0 aliphatic heterocycles. The van der Waals surface area contributed by atoms with Gasteiger partial charge in [0.25, 0.3) is 0 Å². The van der Waals surface area contributed by atoms with Crippen LogP contribution in [-0.2, 0) is 16.0 Å². The third-order valence-electron chi connectivity index (χ3n) is 5.49. The number of benzene rings is 2. The number of fused-ring (bicyclic) bond motifs is 1. The Bertz CT molecular complexity index is 1230. The van der Waals surface area contributed by atoms with Crippen molar-refractivity contribution < 1.29 is 14.0 Å². The summed E-state index contributed by atoms with van der Waals surface area (Å²) < 4.78 is 5.73. The number of hydrogen-bond donors (Lipinski definition) is 2. The summed E-state index contributed by atoms with van der Waals surface area (Å²) in [5, 5.41) is 15.8. The predicted molar refractivity (Wildman–Crippen MR) is 120 cm³/mol. The highest BCUT2D eigenvalue weighted by atomic mass is 35.5. The van der Waals surface area contributed by atoms with E-state index in [4.69, 9.17) is 27.6 Å². The molecule has 2 aromatic carbocycles. The number of nitrogens with one attached hydrogen (secondary N) is 2. The number of oxazole rings is 1. The molecule has 3 aromatic rings. The van der Waals surface area contributed by atoms with Crippen LogP contribution in [0, 0.1) is 11.3 Å². The van der Waals surface area contributed by atoms with Crippen LogP contribution in [0.1, 0.15) is 37.1 Å². The number of nitrogens with zero attached hydrogens (tertiary/aromatic N) is 2. The lowest BCUT2D eigenvalue weighted by atomic mass is 9.99. The number of rotatable bonds is 7. The van der Waals surface area contributed by atoms with Gasteiger partial charge in [0, 0.05) is 5.02 Å². The van der Waals surface area contributed by atoms with Gasteiger partial charge in [-0.25, -0.2) is 4.98 Å². The Labute approximate surface area is 194 Å². The summed E-state index contributed by atoms with van der Waals surface area (Å²) in [5.41, 5.74) is 0.820. The fourth-order valence-corrected chi connectivity index (χ4v) is 3.78. The summed E-state index contributed by atoms with van der Waals surface area (Å²) >= 11 is 12.2. The zero-order valence-corrected chi connectivity index (χ0v) is 18.7. The van der Waals surface area contributed by atoms with E-state index in [1.807, 2.05) is 0 Å². The van der Waals surface area contributed by atoms with E-state index in [0.29, 0.717) is 34.0 Å². The Balaban J connectivity index is 1.56. The molecule has 1 aromatic heterocycles. The molecule has 1 heterocycles. The van der Waals surface area contributed by atoms with Gasteiger partial charge in [-0.05, 0) is 49.6 Å².